The number of fused-ring (bicyclic) bond motifs is 4. The zero-order chi connectivity index (χ0) is 37.1. The van der Waals surface area contributed by atoms with E-state index >= 15 is 0 Å². The van der Waals surface area contributed by atoms with Crippen molar-refractivity contribution in [1.82, 2.24) is 0 Å². The summed E-state index contributed by atoms with van der Waals surface area (Å²) in [6, 6.07) is 6.73. The van der Waals surface area contributed by atoms with E-state index in [1.807, 2.05) is 0 Å². The Labute approximate surface area is 317 Å². The van der Waals surface area contributed by atoms with Crippen LogP contribution in [0.25, 0.3) is 0 Å². The Balaban J connectivity index is 1.03. The van der Waals surface area contributed by atoms with Crippen molar-refractivity contribution in [1.29, 1.82) is 0 Å². The van der Waals surface area contributed by atoms with Crippen molar-refractivity contribution in [2.75, 3.05) is 5.75 Å². The van der Waals surface area contributed by atoms with Crippen molar-refractivity contribution < 1.29 is 42.5 Å². The van der Waals surface area contributed by atoms with Gasteiger partial charge in [0, 0.05) is 12.8 Å². The monoisotopic (exact) mass is 756 g/mol. The lowest BCUT2D eigenvalue weighted by atomic mass is 9.55. The molecule has 4 aliphatic carbocycles. The van der Waals surface area contributed by atoms with Gasteiger partial charge in [-0.3, -0.25) is 0 Å². The van der Waals surface area contributed by atoms with Crippen LogP contribution < -0.4 is 0 Å². The first kappa shape index (κ1) is 37.5. The molecule has 4 saturated carbocycles. The molecule has 10 aliphatic rings. The van der Waals surface area contributed by atoms with Crippen molar-refractivity contribution >= 4 is 9.84 Å². The molecule has 0 aromatic heterocycles. The SMILES string of the molecule is C[C@H]1[C@@H](CC(C[C@H]2O[C@@H]3C[C@]4(C)CC[C@H]5[C@H](C)CC[C@@H]([C@H]2C)[C@@]35OO4)CS(=O)(=O)c2ccc(CO)cc2)O[C@@H]2C[C@]3(C)CC[C@H]4[C@H](C)CC[C@@H]1[C@@]24OO3. The largest absolute Gasteiger partial charge is 0.392 e. The standard InChI is InChI=1S/C43H64O9S/c1-25-7-13-34-27(3)36(47-38-21-40(5)17-15-32(25)42(34,38)51-49-40)19-30(24-53(45,46)31-11-9-29(23-44)10-12-31)20-37-28(4)35-14-8-26(2)33-16-18-41(6)22-39(48-37)43(33,35)52-50-41/h9-12,25-28,30,32-39,44H,7-8,13-24H2,1-6H3/t25-,26-,27-,28-,32+,33+,34+,35+,36-,37-,38-,39-,40+,41+,42-,43-/m1/s1. The summed E-state index contributed by atoms with van der Waals surface area (Å²) in [6.07, 6.45) is 11.2. The van der Waals surface area contributed by atoms with Gasteiger partial charge >= 0.3 is 0 Å². The molecule has 6 saturated heterocycles. The highest BCUT2D eigenvalue weighted by molar-refractivity contribution is 7.91. The second kappa shape index (κ2) is 13.2. The van der Waals surface area contributed by atoms with Crippen LogP contribution in [0.2, 0.25) is 0 Å². The van der Waals surface area contributed by atoms with E-state index in [0.717, 1.165) is 51.4 Å². The van der Waals surface area contributed by atoms with Gasteiger partial charge in [0.05, 0.1) is 41.7 Å². The quantitative estimate of drug-likeness (QED) is 0.266. The zero-order valence-electron chi connectivity index (χ0n) is 32.8. The van der Waals surface area contributed by atoms with Gasteiger partial charge in [0.2, 0.25) is 0 Å². The molecule has 16 atom stereocenters. The summed E-state index contributed by atoms with van der Waals surface area (Å²) in [5.41, 5.74) is -0.930. The second-order valence-electron chi connectivity index (χ2n) is 19.9. The molecule has 2 spiro atoms. The van der Waals surface area contributed by atoms with Gasteiger partial charge in [-0.1, -0.05) is 39.8 Å². The molecule has 4 bridgehead atoms. The van der Waals surface area contributed by atoms with Gasteiger partial charge in [0.15, 0.2) is 9.84 Å². The van der Waals surface area contributed by atoms with Crippen LogP contribution in [0.1, 0.15) is 124 Å². The molecule has 1 N–H and O–H groups in total. The summed E-state index contributed by atoms with van der Waals surface area (Å²) in [6.45, 7) is 13.6. The molecule has 10 heteroatoms. The van der Waals surface area contributed by atoms with Crippen LogP contribution in [-0.2, 0) is 45.5 Å². The number of aliphatic hydroxyl groups excluding tert-OH is 1. The lowest BCUT2D eigenvalue weighted by molar-refractivity contribution is -0.488. The normalized spacial score (nSPS) is 50.8. The van der Waals surface area contributed by atoms with Crippen molar-refractivity contribution in [2.24, 2.45) is 53.3 Å². The second-order valence-corrected chi connectivity index (χ2v) is 22.0. The number of ether oxygens (including phenoxy) is 2. The third-order valence-corrected chi connectivity index (χ3v) is 18.6. The Morgan fingerprint density at radius 1 is 0.679 bits per heavy atom. The highest BCUT2D eigenvalue weighted by atomic mass is 32.2. The molecule has 53 heavy (non-hydrogen) atoms. The van der Waals surface area contributed by atoms with E-state index in [2.05, 4.69) is 41.5 Å². The minimum absolute atomic E-state index is 0.0273. The first-order valence-electron chi connectivity index (χ1n) is 21.2. The fourth-order valence-corrected chi connectivity index (χ4v) is 15.4. The van der Waals surface area contributed by atoms with E-state index in [9.17, 15) is 13.5 Å². The molecule has 1 aromatic carbocycles. The van der Waals surface area contributed by atoms with Gasteiger partial charge < -0.3 is 14.6 Å². The van der Waals surface area contributed by atoms with Crippen LogP contribution in [0.3, 0.4) is 0 Å². The Hall–Kier alpha value is -1.11. The highest BCUT2D eigenvalue weighted by Gasteiger charge is 2.70. The lowest BCUT2D eigenvalue weighted by Crippen LogP contribution is -2.69. The Kier molecular flexibility index (Phi) is 9.34. The molecular formula is C43H64O9S. The average molecular weight is 757 g/mol. The third kappa shape index (κ3) is 5.88. The first-order chi connectivity index (χ1) is 25.2. The maximum absolute atomic E-state index is 14.3. The molecule has 1 aromatic rings. The van der Waals surface area contributed by atoms with Crippen molar-refractivity contribution in [2.45, 2.75) is 177 Å². The molecule has 296 valence electrons. The Morgan fingerprint density at radius 3 is 1.60 bits per heavy atom. The van der Waals surface area contributed by atoms with E-state index < -0.39 is 21.0 Å². The fourth-order valence-electron chi connectivity index (χ4n) is 13.7. The van der Waals surface area contributed by atoms with Gasteiger partial charge in [-0.2, -0.15) is 0 Å². The molecule has 11 rings (SSSR count). The van der Waals surface area contributed by atoms with Crippen LogP contribution >= 0.6 is 0 Å². The number of hydrogen-bond acceptors (Lipinski definition) is 9. The van der Waals surface area contributed by atoms with Crippen molar-refractivity contribution in [3.05, 3.63) is 29.8 Å². The summed E-state index contributed by atoms with van der Waals surface area (Å²) in [7, 11) is -3.65. The molecule has 9 nitrogen and oxygen atoms in total. The number of sulfone groups is 1. The molecule has 10 fully saturated rings. The topological polar surface area (TPSA) is 110 Å². The minimum atomic E-state index is -3.65. The van der Waals surface area contributed by atoms with Crippen LogP contribution in [0.5, 0.6) is 0 Å². The van der Waals surface area contributed by atoms with Gasteiger partial charge in [0.25, 0.3) is 0 Å². The van der Waals surface area contributed by atoms with Crippen molar-refractivity contribution in [3.8, 4) is 0 Å². The number of rotatable bonds is 8. The number of hydrogen-bond donors (Lipinski definition) is 1. The molecule has 6 heterocycles. The van der Waals surface area contributed by atoms with Crippen LogP contribution in [-0.4, -0.2) is 66.1 Å². The molecule has 0 amide bonds. The summed E-state index contributed by atoms with van der Waals surface area (Å²) in [5.74, 6) is 2.71. The van der Waals surface area contributed by atoms with Crippen LogP contribution in [0.4, 0.5) is 0 Å². The van der Waals surface area contributed by atoms with E-state index in [-0.39, 0.29) is 65.7 Å². The van der Waals surface area contributed by atoms with Gasteiger partial charge in [0.1, 0.15) is 22.4 Å². The smallest absolute Gasteiger partial charge is 0.178 e. The number of aliphatic hydroxyl groups is 1. The van der Waals surface area contributed by atoms with E-state index in [4.69, 9.17) is 29.0 Å². The van der Waals surface area contributed by atoms with Gasteiger partial charge in [-0.25, -0.2) is 28.0 Å². The highest BCUT2D eigenvalue weighted by Crippen LogP contribution is 2.64. The zero-order valence-corrected chi connectivity index (χ0v) is 33.7. The molecular weight excluding hydrogens is 693 g/mol. The predicted molar refractivity (Wildman–Crippen MR) is 198 cm³/mol. The maximum Gasteiger partial charge on any atom is 0.178 e. The summed E-state index contributed by atoms with van der Waals surface area (Å²) in [5, 5.41) is 9.64. The fraction of sp³-hybridized carbons (Fsp3) is 0.860. The van der Waals surface area contributed by atoms with E-state index in [1.165, 1.54) is 12.8 Å². The van der Waals surface area contributed by atoms with E-state index in [1.54, 1.807) is 24.3 Å². The van der Waals surface area contributed by atoms with Gasteiger partial charge in [-0.05, 0) is 149 Å². The Morgan fingerprint density at radius 2 is 1.15 bits per heavy atom. The molecule has 0 radical (unpaired) electrons. The predicted octanol–water partition coefficient (Wildman–Crippen LogP) is 7.77. The third-order valence-electron chi connectivity index (χ3n) is 16.7. The molecule has 0 unspecified atom stereocenters. The Bertz CT molecular complexity index is 1560. The summed E-state index contributed by atoms with van der Waals surface area (Å²) >= 11 is 0. The molecule has 6 aliphatic heterocycles. The van der Waals surface area contributed by atoms with Crippen molar-refractivity contribution in [3.63, 3.8) is 0 Å². The lowest BCUT2D eigenvalue weighted by Gasteiger charge is -2.62. The summed E-state index contributed by atoms with van der Waals surface area (Å²) < 4.78 is 43.2. The number of benzene rings is 1. The van der Waals surface area contributed by atoms with Crippen LogP contribution in [0, 0.1) is 53.3 Å². The maximum atomic E-state index is 14.3. The average Bonchev–Trinajstić information content (AvgIpc) is 3.50. The van der Waals surface area contributed by atoms with Crippen LogP contribution in [0.15, 0.2) is 29.2 Å². The first-order valence-corrected chi connectivity index (χ1v) is 22.8. The van der Waals surface area contributed by atoms with Gasteiger partial charge in [-0.15, -0.1) is 0 Å². The van der Waals surface area contributed by atoms with E-state index in [0.29, 0.717) is 58.8 Å². The summed E-state index contributed by atoms with van der Waals surface area (Å²) in [4.78, 5) is 26.0. The minimum Gasteiger partial charge on any atom is -0.392 e.